The standard InChI is InChI=1S/C30H46N2O3/c33-27(17-29-11-19-5-20(12-29)7-21(6-19)13-29)31-25-3-1-2-4-26(25)32(35)28(34)18-30-14-22-8-23(15-30)10-24(9-22)16-30/h19-26,35H,1-18H2,(H,31,33)/t19?,20?,21?,22?,23?,24?,25?,26-,29?,30?/m1/s1. The predicted molar refractivity (Wildman–Crippen MR) is 133 cm³/mol. The van der Waals surface area contributed by atoms with Crippen molar-refractivity contribution in [3.05, 3.63) is 0 Å². The van der Waals surface area contributed by atoms with E-state index in [2.05, 4.69) is 5.32 Å². The minimum Gasteiger partial charge on any atom is -0.351 e. The Bertz CT molecular complexity index is 797. The molecule has 194 valence electrons. The Hall–Kier alpha value is -1.10. The van der Waals surface area contributed by atoms with Gasteiger partial charge in [-0.05, 0) is 136 Å². The Morgan fingerprint density at radius 1 is 0.686 bits per heavy atom. The van der Waals surface area contributed by atoms with Gasteiger partial charge in [-0.25, -0.2) is 5.06 Å². The molecule has 9 aliphatic rings. The number of nitrogens with zero attached hydrogens (tertiary/aromatic N) is 1. The SMILES string of the molecule is O=C(CC12CC3CC(CC(C3)C1)C2)NC1CCCC[C@H]1N(O)C(=O)CC12CC3CC(CC(C3)C1)C2. The largest absolute Gasteiger partial charge is 0.351 e. The fourth-order valence-electron chi connectivity index (χ4n) is 11.8. The van der Waals surface area contributed by atoms with Crippen LogP contribution in [0.2, 0.25) is 0 Å². The summed E-state index contributed by atoms with van der Waals surface area (Å²) in [7, 11) is 0. The van der Waals surface area contributed by atoms with Crippen LogP contribution in [0.4, 0.5) is 0 Å². The third-order valence-corrected chi connectivity index (χ3v) is 12.0. The van der Waals surface area contributed by atoms with E-state index in [0.717, 1.165) is 66.3 Å². The lowest BCUT2D eigenvalue weighted by molar-refractivity contribution is -0.188. The van der Waals surface area contributed by atoms with E-state index in [-0.39, 0.29) is 34.7 Å². The lowest BCUT2D eigenvalue weighted by Crippen LogP contribution is -2.56. The second-order valence-corrected chi connectivity index (χ2v) is 15.0. The molecule has 0 heterocycles. The van der Waals surface area contributed by atoms with Gasteiger partial charge in [0.15, 0.2) is 0 Å². The Morgan fingerprint density at radius 2 is 1.11 bits per heavy atom. The van der Waals surface area contributed by atoms with Crippen LogP contribution in [0.25, 0.3) is 0 Å². The molecular formula is C30H46N2O3. The van der Waals surface area contributed by atoms with E-state index in [1.54, 1.807) is 0 Å². The molecule has 0 aromatic carbocycles. The van der Waals surface area contributed by atoms with Crippen molar-refractivity contribution in [3.8, 4) is 0 Å². The van der Waals surface area contributed by atoms with Gasteiger partial charge >= 0.3 is 0 Å². The number of carbonyl (C=O) groups is 2. The highest BCUT2D eigenvalue weighted by Gasteiger charge is 2.53. The third kappa shape index (κ3) is 4.26. The molecule has 0 aromatic heterocycles. The summed E-state index contributed by atoms with van der Waals surface area (Å²) in [5, 5.41) is 15.6. The topological polar surface area (TPSA) is 69.6 Å². The van der Waals surface area contributed by atoms with Crippen molar-refractivity contribution in [2.24, 2.45) is 46.3 Å². The molecule has 0 aromatic rings. The summed E-state index contributed by atoms with van der Waals surface area (Å²) in [5.74, 6) is 5.09. The molecule has 35 heavy (non-hydrogen) atoms. The zero-order valence-electron chi connectivity index (χ0n) is 21.6. The summed E-state index contributed by atoms with van der Waals surface area (Å²) in [6.07, 6.45) is 20.5. The first-order chi connectivity index (χ1) is 16.9. The van der Waals surface area contributed by atoms with E-state index in [9.17, 15) is 14.8 Å². The number of carbonyl (C=O) groups excluding carboxylic acids is 2. The number of nitrogens with one attached hydrogen (secondary N) is 1. The summed E-state index contributed by atoms with van der Waals surface area (Å²) in [4.78, 5) is 26.8. The Labute approximate surface area is 211 Å². The molecule has 2 N–H and O–H groups in total. The lowest BCUT2D eigenvalue weighted by Gasteiger charge is -2.57. The first-order valence-electron chi connectivity index (χ1n) is 15.2. The van der Waals surface area contributed by atoms with Gasteiger partial charge in [0, 0.05) is 12.8 Å². The second-order valence-electron chi connectivity index (χ2n) is 15.0. The van der Waals surface area contributed by atoms with Crippen molar-refractivity contribution < 1.29 is 14.8 Å². The summed E-state index contributed by atoms with van der Waals surface area (Å²) in [6, 6.07) is -0.360. The van der Waals surface area contributed by atoms with E-state index < -0.39 is 0 Å². The zero-order valence-corrected chi connectivity index (χ0v) is 21.6. The van der Waals surface area contributed by atoms with Crippen LogP contribution >= 0.6 is 0 Å². The zero-order chi connectivity index (χ0) is 23.8. The summed E-state index contributed by atoms with van der Waals surface area (Å²) >= 11 is 0. The molecule has 0 aliphatic heterocycles. The van der Waals surface area contributed by atoms with Crippen LogP contribution in [0, 0.1) is 46.3 Å². The van der Waals surface area contributed by atoms with Crippen LogP contribution in [0.1, 0.15) is 116 Å². The highest BCUT2D eigenvalue weighted by molar-refractivity contribution is 5.78. The van der Waals surface area contributed by atoms with Crippen LogP contribution in [0.15, 0.2) is 0 Å². The van der Waals surface area contributed by atoms with Crippen LogP contribution in [-0.2, 0) is 9.59 Å². The van der Waals surface area contributed by atoms with Crippen molar-refractivity contribution in [3.63, 3.8) is 0 Å². The summed E-state index contributed by atoms with van der Waals surface area (Å²) in [6.45, 7) is 0. The van der Waals surface area contributed by atoms with Crippen LogP contribution in [-0.4, -0.2) is 34.2 Å². The Kier molecular flexibility index (Phi) is 5.57. The van der Waals surface area contributed by atoms with Gasteiger partial charge in [-0.1, -0.05) is 12.8 Å². The van der Waals surface area contributed by atoms with E-state index in [0.29, 0.717) is 12.8 Å². The number of rotatable bonds is 6. The minimum absolute atomic E-state index is 0.0841. The molecule has 9 fully saturated rings. The number of hydroxylamine groups is 2. The maximum absolute atomic E-state index is 13.4. The molecule has 1 unspecified atom stereocenters. The smallest absolute Gasteiger partial charge is 0.246 e. The first kappa shape index (κ1) is 23.0. The van der Waals surface area contributed by atoms with Crippen molar-refractivity contribution in [2.75, 3.05) is 0 Å². The first-order valence-corrected chi connectivity index (χ1v) is 15.2. The molecule has 8 bridgehead atoms. The van der Waals surface area contributed by atoms with E-state index in [4.69, 9.17) is 0 Å². The molecule has 9 saturated carbocycles. The molecule has 2 atom stereocenters. The predicted octanol–water partition coefficient (Wildman–Crippen LogP) is 5.84. The normalized spacial score (nSPS) is 49.3. The fraction of sp³-hybridized carbons (Fsp3) is 0.933. The van der Waals surface area contributed by atoms with Gasteiger partial charge in [0.25, 0.3) is 0 Å². The maximum atomic E-state index is 13.4. The third-order valence-electron chi connectivity index (χ3n) is 12.0. The summed E-state index contributed by atoms with van der Waals surface area (Å²) in [5.41, 5.74) is 0.370. The van der Waals surface area contributed by atoms with E-state index in [1.165, 1.54) is 77.0 Å². The van der Waals surface area contributed by atoms with Crippen LogP contribution in [0.3, 0.4) is 0 Å². The summed E-state index contributed by atoms with van der Waals surface area (Å²) < 4.78 is 0. The number of hydrogen-bond acceptors (Lipinski definition) is 3. The molecule has 0 saturated heterocycles. The Balaban J connectivity index is 0.989. The maximum Gasteiger partial charge on any atom is 0.246 e. The highest BCUT2D eigenvalue weighted by atomic mass is 16.5. The second kappa shape index (κ2) is 8.46. The van der Waals surface area contributed by atoms with Gasteiger partial charge in [-0.3, -0.25) is 14.8 Å². The van der Waals surface area contributed by atoms with Gasteiger partial charge in [-0.2, -0.15) is 0 Å². The molecule has 5 nitrogen and oxygen atoms in total. The molecule has 9 rings (SSSR count). The van der Waals surface area contributed by atoms with Gasteiger partial charge in [-0.15, -0.1) is 0 Å². The molecule has 5 heteroatoms. The molecular weight excluding hydrogens is 436 g/mol. The average molecular weight is 483 g/mol. The minimum atomic E-state index is -0.259. The van der Waals surface area contributed by atoms with E-state index >= 15 is 0 Å². The van der Waals surface area contributed by atoms with E-state index in [1.807, 2.05) is 0 Å². The molecule has 0 radical (unpaired) electrons. The fourth-order valence-corrected chi connectivity index (χ4v) is 11.8. The number of hydrogen-bond donors (Lipinski definition) is 2. The van der Waals surface area contributed by atoms with Gasteiger partial charge < -0.3 is 5.32 Å². The molecule has 9 aliphatic carbocycles. The van der Waals surface area contributed by atoms with Crippen molar-refractivity contribution in [2.45, 2.75) is 128 Å². The van der Waals surface area contributed by atoms with Crippen LogP contribution < -0.4 is 5.32 Å². The van der Waals surface area contributed by atoms with Crippen molar-refractivity contribution in [1.82, 2.24) is 10.4 Å². The van der Waals surface area contributed by atoms with Crippen molar-refractivity contribution >= 4 is 11.8 Å². The monoisotopic (exact) mass is 482 g/mol. The average Bonchev–Trinajstić information content (AvgIpc) is 2.76. The lowest BCUT2D eigenvalue weighted by atomic mass is 9.49. The van der Waals surface area contributed by atoms with Gasteiger partial charge in [0.1, 0.15) is 0 Å². The van der Waals surface area contributed by atoms with Gasteiger partial charge in [0.2, 0.25) is 11.8 Å². The Morgan fingerprint density at radius 3 is 1.60 bits per heavy atom. The van der Waals surface area contributed by atoms with Crippen molar-refractivity contribution in [1.29, 1.82) is 0 Å². The quantitative estimate of drug-likeness (QED) is 0.369. The number of amides is 2. The van der Waals surface area contributed by atoms with Gasteiger partial charge in [0.05, 0.1) is 12.1 Å². The molecule has 2 amide bonds. The molecule has 0 spiro atoms. The highest BCUT2D eigenvalue weighted by Crippen LogP contribution is 2.62. The van der Waals surface area contributed by atoms with Crippen LogP contribution in [0.5, 0.6) is 0 Å².